The number of oxime groups is 1. The number of hydrogen-bond donors (Lipinski definition) is 2. The molecule has 3 fully saturated rings. The summed E-state index contributed by atoms with van der Waals surface area (Å²) >= 11 is 4.26. The van der Waals surface area contributed by atoms with E-state index in [1.807, 2.05) is 226 Å². The molecule has 4 unspecified atom stereocenters. The number of thiazole rings is 1. The molecular weight excluding hydrogens is 1120 g/mol. The van der Waals surface area contributed by atoms with Crippen molar-refractivity contribution >= 4 is 63.5 Å². The summed E-state index contributed by atoms with van der Waals surface area (Å²) in [5, 5.41) is 13.6. The Kier molecular flexibility index (Phi) is 16.6. The summed E-state index contributed by atoms with van der Waals surface area (Å²) in [5.41, 5.74) is 3.17. The number of nitrogens with zero attached hydrogens (tertiary/aromatic N) is 3. The average molecular weight is 1180 g/mol. The van der Waals surface area contributed by atoms with E-state index in [4.69, 9.17) is 29.2 Å². The molecule has 1 aromatic heterocycles. The number of thioether (sulfide) groups is 2. The highest BCUT2D eigenvalue weighted by atomic mass is 32.2. The molecule has 0 radical (unpaired) electrons. The van der Waals surface area contributed by atoms with Gasteiger partial charge in [0.2, 0.25) is 11.5 Å². The summed E-state index contributed by atoms with van der Waals surface area (Å²) in [4.78, 5) is 60.3. The topological polar surface area (TPSA) is 141 Å². The van der Waals surface area contributed by atoms with Gasteiger partial charge in [-0.25, -0.2) is 4.98 Å². The number of benzene rings is 8. The van der Waals surface area contributed by atoms with Crippen LogP contribution in [0.25, 0.3) is 0 Å². The summed E-state index contributed by atoms with van der Waals surface area (Å²) in [6.07, 6.45) is 0.890. The minimum Gasteiger partial charge on any atom is -0.452 e. The van der Waals surface area contributed by atoms with Crippen molar-refractivity contribution < 1.29 is 33.4 Å². The third kappa shape index (κ3) is 11.1. The monoisotopic (exact) mass is 1180 g/mol. The number of ether oxygens (including phenoxy) is 3. The first kappa shape index (κ1) is 57.1. The number of anilines is 1. The molecule has 12 nitrogen and oxygen atoms in total. The zero-order chi connectivity index (χ0) is 58.4. The summed E-state index contributed by atoms with van der Waals surface area (Å²) in [6.45, 7) is 3.98. The Bertz CT molecular complexity index is 3530. The first-order valence-corrected chi connectivity index (χ1v) is 31.4. The van der Waals surface area contributed by atoms with Gasteiger partial charge in [0.25, 0.3) is 5.91 Å². The highest BCUT2D eigenvalue weighted by molar-refractivity contribution is 8.17. The Balaban J connectivity index is 0.929. The number of fused-ring (bicyclic) bond motifs is 1. The number of nitrogens with one attached hydrogen (secondary N) is 2. The second-order valence-corrected chi connectivity index (χ2v) is 24.9. The van der Waals surface area contributed by atoms with Gasteiger partial charge in [-0.15, -0.1) is 34.9 Å². The SMILES string of the molecule is CSC1S[C@@H]2C(NC(=O)C(=NOC(c3ccccc3)(c3ccccc3)c3ccccc3)c3csc(NC(c4ccccc4)(c4ccccc4)c4ccccc4)n3)C(=O)N2CC1(C(=O)OC(c1ccccc1)c1ccccc1)C1CCOC(C)(C)O1. The molecule has 8 aromatic carbocycles. The summed E-state index contributed by atoms with van der Waals surface area (Å²) in [7, 11) is 0. The van der Waals surface area contributed by atoms with Crippen LogP contribution in [0.15, 0.2) is 253 Å². The molecule has 0 aliphatic carbocycles. The molecule has 9 aromatic rings. The molecule has 428 valence electrons. The van der Waals surface area contributed by atoms with Crippen LogP contribution in [0.2, 0.25) is 0 Å². The van der Waals surface area contributed by atoms with Gasteiger partial charge in [-0.05, 0) is 54.3 Å². The highest BCUT2D eigenvalue weighted by Gasteiger charge is 2.66. The van der Waals surface area contributed by atoms with E-state index in [1.165, 1.54) is 34.9 Å². The average Bonchev–Trinajstić information content (AvgIpc) is 1.13. The Morgan fingerprint density at radius 3 is 1.56 bits per heavy atom. The number of esters is 1. The van der Waals surface area contributed by atoms with Crippen molar-refractivity contribution in [3.63, 3.8) is 0 Å². The van der Waals surface area contributed by atoms with Gasteiger partial charge >= 0.3 is 5.97 Å². The zero-order valence-electron chi connectivity index (χ0n) is 47.1. The van der Waals surface area contributed by atoms with Crippen LogP contribution in [-0.2, 0) is 44.6 Å². The van der Waals surface area contributed by atoms with Gasteiger partial charge in [0.05, 0.1) is 17.3 Å². The van der Waals surface area contributed by atoms with Gasteiger partial charge in [-0.2, -0.15) is 0 Å². The van der Waals surface area contributed by atoms with Crippen LogP contribution in [0.4, 0.5) is 5.13 Å². The van der Waals surface area contributed by atoms with Crippen molar-refractivity contribution in [1.29, 1.82) is 0 Å². The number of hydrogen-bond acceptors (Lipinski definition) is 13. The molecule has 3 saturated heterocycles. The molecule has 15 heteroatoms. The van der Waals surface area contributed by atoms with Crippen LogP contribution in [0, 0.1) is 5.41 Å². The lowest BCUT2D eigenvalue weighted by Crippen LogP contribution is -2.77. The summed E-state index contributed by atoms with van der Waals surface area (Å²) in [5.74, 6) is -2.57. The first-order valence-electron chi connectivity index (χ1n) is 28.3. The minimum absolute atomic E-state index is 0.0256. The summed E-state index contributed by atoms with van der Waals surface area (Å²) < 4.78 is 19.0. The van der Waals surface area contributed by atoms with Gasteiger partial charge in [-0.3, -0.25) is 14.4 Å². The molecule has 0 bridgehead atoms. The second kappa shape index (κ2) is 24.7. The van der Waals surface area contributed by atoms with Crippen molar-refractivity contribution in [3.05, 3.63) is 298 Å². The van der Waals surface area contributed by atoms with E-state index < -0.39 is 62.4 Å². The van der Waals surface area contributed by atoms with E-state index in [0.717, 1.165) is 44.5 Å². The Morgan fingerprint density at radius 2 is 1.12 bits per heavy atom. The molecule has 2 amide bonds. The van der Waals surface area contributed by atoms with E-state index in [9.17, 15) is 0 Å². The predicted molar refractivity (Wildman–Crippen MR) is 337 cm³/mol. The lowest BCUT2D eigenvalue weighted by atomic mass is 9.77. The van der Waals surface area contributed by atoms with Crippen LogP contribution in [0.5, 0.6) is 0 Å². The number of rotatable bonds is 19. The largest absolute Gasteiger partial charge is 0.452 e. The van der Waals surface area contributed by atoms with Crippen LogP contribution < -0.4 is 10.6 Å². The van der Waals surface area contributed by atoms with Crippen LogP contribution in [0.1, 0.15) is 76.6 Å². The highest BCUT2D eigenvalue weighted by Crippen LogP contribution is 2.56. The Hall–Kier alpha value is -8.31. The minimum atomic E-state index is -1.37. The fraction of sp³-hybridized carbons (Fsp3) is 0.214. The van der Waals surface area contributed by atoms with Gasteiger partial charge < -0.3 is 34.6 Å². The smallest absolute Gasteiger partial charge is 0.319 e. The van der Waals surface area contributed by atoms with E-state index >= 15 is 14.4 Å². The molecule has 2 N–H and O–H groups in total. The quantitative estimate of drug-likeness (QED) is 0.0263. The second-order valence-electron chi connectivity index (χ2n) is 21.6. The third-order valence-electron chi connectivity index (χ3n) is 16.1. The van der Waals surface area contributed by atoms with E-state index in [-0.39, 0.29) is 23.9 Å². The van der Waals surface area contributed by atoms with Crippen molar-refractivity contribution in [3.8, 4) is 0 Å². The molecule has 0 spiro atoms. The lowest BCUT2D eigenvalue weighted by Gasteiger charge is -2.59. The lowest BCUT2D eigenvalue weighted by molar-refractivity contribution is -0.294. The fourth-order valence-electron chi connectivity index (χ4n) is 12.0. The van der Waals surface area contributed by atoms with Crippen molar-refractivity contribution in [2.75, 3.05) is 24.7 Å². The molecule has 4 heterocycles. The molecule has 85 heavy (non-hydrogen) atoms. The van der Waals surface area contributed by atoms with Gasteiger partial charge in [0.1, 0.15) is 28.1 Å². The third-order valence-corrected chi connectivity index (χ3v) is 20.1. The maximum absolute atomic E-state index is 15.7. The number of aromatic nitrogens is 1. The predicted octanol–water partition coefficient (Wildman–Crippen LogP) is 13.2. The molecule has 5 atom stereocenters. The van der Waals surface area contributed by atoms with Crippen molar-refractivity contribution in [2.24, 2.45) is 10.6 Å². The van der Waals surface area contributed by atoms with Gasteiger partial charge in [-0.1, -0.05) is 248 Å². The van der Waals surface area contributed by atoms with Gasteiger partial charge in [0, 0.05) is 28.6 Å². The van der Waals surface area contributed by atoms with E-state index in [1.54, 1.807) is 10.3 Å². The van der Waals surface area contributed by atoms with Crippen molar-refractivity contribution in [2.45, 2.75) is 65.4 Å². The van der Waals surface area contributed by atoms with Crippen LogP contribution >= 0.6 is 34.9 Å². The number of β-lactam (4-membered cyclic amide) rings is 1. The van der Waals surface area contributed by atoms with Crippen molar-refractivity contribution in [1.82, 2.24) is 15.2 Å². The molecule has 12 rings (SSSR count). The number of amides is 2. The maximum Gasteiger partial charge on any atom is 0.319 e. The fourth-order valence-corrected chi connectivity index (χ4v) is 15.8. The maximum atomic E-state index is 15.7. The normalized spacial score (nSPS) is 20.4. The van der Waals surface area contributed by atoms with E-state index in [0.29, 0.717) is 18.2 Å². The Labute approximate surface area is 508 Å². The Morgan fingerprint density at radius 1 is 0.671 bits per heavy atom. The summed E-state index contributed by atoms with van der Waals surface area (Å²) in [6, 6.07) is 78.3. The zero-order valence-corrected chi connectivity index (χ0v) is 49.6. The van der Waals surface area contributed by atoms with Gasteiger partial charge in [0.15, 0.2) is 22.7 Å². The molecule has 3 aliphatic heterocycles. The molecule has 0 saturated carbocycles. The number of carbonyl (C=O) groups excluding carboxylic acids is 3. The van der Waals surface area contributed by atoms with E-state index in [2.05, 4.69) is 47.0 Å². The molecule has 3 aliphatic rings. The van der Waals surface area contributed by atoms with Crippen LogP contribution in [0.3, 0.4) is 0 Å². The number of carbonyl (C=O) groups is 3. The molecular formula is C70H63N5O7S3. The van der Waals surface area contributed by atoms with Crippen LogP contribution in [-0.4, -0.2) is 80.7 Å². The standard InChI is InChI=1S/C70H63N5O7S3/c1-67(2)79-45-44-57(81-67)68(64(78)80-60(48-28-12-4-13-29-48)49-30-14-5-15-31-49)47-75-62(77)59(63(75)85-65(68)83-3)72-61(76)58(74-82-70(53-38-22-9-23-39-53,54-40-24-10-25-41-54)55-42-26-11-27-43-55)56-46-84-66(71-56)73-69(50-32-16-6-17-33-50,51-34-18-7-19-35-51)52-36-20-8-21-37-52/h4-43,46,57,59-60,63,65H,44-45,47H2,1-3H3,(H,71,73)(H,72,76)/t57?,59?,63-,65?,68?/m1/s1. The first-order chi connectivity index (χ1) is 41.5.